The zero-order valence-corrected chi connectivity index (χ0v) is 11.4. The molecule has 1 aromatic rings. The van der Waals surface area contributed by atoms with E-state index in [2.05, 4.69) is 31.3 Å². The Kier molecular flexibility index (Phi) is 4.02. The summed E-state index contributed by atoms with van der Waals surface area (Å²) in [6.07, 6.45) is 0.947. The van der Waals surface area contributed by atoms with Gasteiger partial charge in [-0.2, -0.15) is 0 Å². The third-order valence-corrected chi connectivity index (χ3v) is 3.74. The molecule has 1 fully saturated rings. The van der Waals surface area contributed by atoms with E-state index in [-0.39, 0.29) is 17.9 Å². The molecule has 1 N–H and O–H groups in total. The topological polar surface area (TPSA) is 32.3 Å². The van der Waals surface area contributed by atoms with Crippen LogP contribution in [0.5, 0.6) is 0 Å². The molecule has 1 saturated heterocycles. The van der Waals surface area contributed by atoms with E-state index in [1.165, 1.54) is 5.56 Å². The molecule has 1 amide bonds. The molecule has 3 nitrogen and oxygen atoms in total. The summed E-state index contributed by atoms with van der Waals surface area (Å²) in [6, 6.07) is 8.45. The van der Waals surface area contributed by atoms with Crippen LogP contribution in [0, 0.1) is 12.8 Å². The van der Waals surface area contributed by atoms with Crippen LogP contribution in [0.25, 0.3) is 0 Å². The molecule has 0 aliphatic carbocycles. The molecule has 0 radical (unpaired) electrons. The maximum absolute atomic E-state index is 12.6. The summed E-state index contributed by atoms with van der Waals surface area (Å²) >= 11 is 0. The van der Waals surface area contributed by atoms with Gasteiger partial charge in [0.1, 0.15) is 0 Å². The lowest BCUT2D eigenvalue weighted by Crippen LogP contribution is -2.40. The van der Waals surface area contributed by atoms with Crippen LogP contribution in [0.4, 0.5) is 5.69 Å². The van der Waals surface area contributed by atoms with Crippen molar-refractivity contribution in [3.8, 4) is 0 Å². The fourth-order valence-electron chi connectivity index (χ4n) is 2.66. The lowest BCUT2D eigenvalue weighted by molar-refractivity contribution is -0.122. The number of amides is 1. The van der Waals surface area contributed by atoms with Crippen LogP contribution in [0.1, 0.15) is 25.8 Å². The number of benzene rings is 1. The summed E-state index contributed by atoms with van der Waals surface area (Å²) < 4.78 is 0. The number of anilines is 1. The molecule has 1 aliphatic heterocycles. The lowest BCUT2D eigenvalue weighted by atomic mass is 10.00. The first-order valence-electron chi connectivity index (χ1n) is 6.75. The van der Waals surface area contributed by atoms with Gasteiger partial charge in [0.05, 0.1) is 5.92 Å². The van der Waals surface area contributed by atoms with Crippen molar-refractivity contribution in [3.05, 3.63) is 29.8 Å². The number of carbonyl (C=O) groups is 1. The summed E-state index contributed by atoms with van der Waals surface area (Å²) in [5, 5.41) is 3.34. The quantitative estimate of drug-likeness (QED) is 0.888. The fourth-order valence-corrected chi connectivity index (χ4v) is 2.66. The monoisotopic (exact) mass is 246 g/mol. The predicted molar refractivity (Wildman–Crippen MR) is 74.8 cm³/mol. The van der Waals surface area contributed by atoms with Gasteiger partial charge in [0.15, 0.2) is 0 Å². The number of aryl methyl sites for hydroxylation is 1. The molecule has 2 atom stereocenters. The Morgan fingerprint density at radius 2 is 2.28 bits per heavy atom. The second-order valence-electron chi connectivity index (χ2n) is 5.06. The second kappa shape index (κ2) is 5.53. The standard InChI is InChI=1S/C15H22N2O/c1-4-17(13-7-5-6-11(2)10-13)15(18)14-8-9-16-12(14)3/h5-7,10,12,14,16H,4,8-9H2,1-3H3. The van der Waals surface area contributed by atoms with Gasteiger partial charge in [-0.1, -0.05) is 12.1 Å². The van der Waals surface area contributed by atoms with E-state index in [9.17, 15) is 4.79 Å². The molecule has 0 spiro atoms. The molecule has 98 valence electrons. The van der Waals surface area contributed by atoms with E-state index < -0.39 is 0 Å². The van der Waals surface area contributed by atoms with Gasteiger partial charge in [-0.15, -0.1) is 0 Å². The van der Waals surface area contributed by atoms with Crippen molar-refractivity contribution < 1.29 is 4.79 Å². The first-order valence-corrected chi connectivity index (χ1v) is 6.75. The van der Waals surface area contributed by atoms with E-state index >= 15 is 0 Å². The smallest absolute Gasteiger partial charge is 0.231 e. The Morgan fingerprint density at radius 1 is 1.50 bits per heavy atom. The highest BCUT2D eigenvalue weighted by Gasteiger charge is 2.32. The van der Waals surface area contributed by atoms with Gasteiger partial charge < -0.3 is 10.2 Å². The maximum atomic E-state index is 12.6. The summed E-state index contributed by atoms with van der Waals surface area (Å²) in [5.41, 5.74) is 2.21. The van der Waals surface area contributed by atoms with Gasteiger partial charge in [-0.05, 0) is 51.4 Å². The van der Waals surface area contributed by atoms with E-state index in [1.807, 2.05) is 24.0 Å². The Hall–Kier alpha value is -1.35. The Bertz CT molecular complexity index is 430. The largest absolute Gasteiger partial charge is 0.313 e. The molecule has 2 rings (SSSR count). The Balaban J connectivity index is 2.20. The van der Waals surface area contributed by atoms with Crippen molar-refractivity contribution in [2.24, 2.45) is 5.92 Å². The minimum Gasteiger partial charge on any atom is -0.313 e. The normalized spacial score (nSPS) is 23.1. The Labute approximate surface area is 109 Å². The van der Waals surface area contributed by atoms with Gasteiger partial charge in [0, 0.05) is 18.3 Å². The van der Waals surface area contributed by atoms with Crippen LogP contribution >= 0.6 is 0 Å². The SMILES string of the molecule is CCN(C(=O)C1CCNC1C)c1cccc(C)c1. The van der Waals surface area contributed by atoms with Crippen LogP contribution in [0.2, 0.25) is 0 Å². The highest BCUT2D eigenvalue weighted by atomic mass is 16.2. The molecule has 1 aromatic carbocycles. The highest BCUT2D eigenvalue weighted by Crippen LogP contribution is 2.23. The maximum Gasteiger partial charge on any atom is 0.231 e. The van der Waals surface area contributed by atoms with Crippen LogP contribution in [0.15, 0.2) is 24.3 Å². The van der Waals surface area contributed by atoms with Gasteiger partial charge in [-0.25, -0.2) is 0 Å². The first-order chi connectivity index (χ1) is 8.63. The van der Waals surface area contributed by atoms with Crippen LogP contribution < -0.4 is 10.2 Å². The van der Waals surface area contributed by atoms with Gasteiger partial charge in [-0.3, -0.25) is 4.79 Å². The average molecular weight is 246 g/mol. The van der Waals surface area contributed by atoms with E-state index in [0.717, 1.165) is 25.2 Å². The molecule has 0 saturated carbocycles. The molecular formula is C15H22N2O. The minimum atomic E-state index is 0.116. The van der Waals surface area contributed by atoms with Crippen molar-refractivity contribution in [1.82, 2.24) is 5.32 Å². The van der Waals surface area contributed by atoms with Crippen LogP contribution in [-0.4, -0.2) is 25.0 Å². The highest BCUT2D eigenvalue weighted by molar-refractivity contribution is 5.95. The number of hydrogen-bond donors (Lipinski definition) is 1. The number of carbonyl (C=O) groups excluding carboxylic acids is 1. The van der Waals surface area contributed by atoms with E-state index in [0.29, 0.717) is 0 Å². The number of nitrogens with zero attached hydrogens (tertiary/aromatic N) is 1. The first kappa shape index (κ1) is 13.1. The van der Waals surface area contributed by atoms with Crippen LogP contribution in [0.3, 0.4) is 0 Å². The summed E-state index contributed by atoms with van der Waals surface area (Å²) in [6.45, 7) is 7.86. The fraction of sp³-hybridized carbons (Fsp3) is 0.533. The third-order valence-electron chi connectivity index (χ3n) is 3.74. The summed E-state index contributed by atoms with van der Waals surface area (Å²) in [4.78, 5) is 14.5. The van der Waals surface area contributed by atoms with Gasteiger partial charge in [0.25, 0.3) is 0 Å². The third kappa shape index (κ3) is 2.56. The zero-order valence-electron chi connectivity index (χ0n) is 11.4. The summed E-state index contributed by atoms with van der Waals surface area (Å²) in [7, 11) is 0. The van der Waals surface area contributed by atoms with Gasteiger partial charge >= 0.3 is 0 Å². The minimum absolute atomic E-state index is 0.116. The second-order valence-corrected chi connectivity index (χ2v) is 5.06. The predicted octanol–water partition coefficient (Wildman–Crippen LogP) is 2.35. The zero-order chi connectivity index (χ0) is 13.1. The molecule has 3 heteroatoms. The molecule has 1 heterocycles. The average Bonchev–Trinajstić information content (AvgIpc) is 2.76. The molecule has 0 aromatic heterocycles. The van der Waals surface area contributed by atoms with E-state index in [4.69, 9.17) is 0 Å². The molecule has 1 aliphatic rings. The molecule has 2 unspecified atom stereocenters. The lowest BCUT2D eigenvalue weighted by Gasteiger charge is -2.26. The molecular weight excluding hydrogens is 224 g/mol. The van der Waals surface area contributed by atoms with E-state index in [1.54, 1.807) is 0 Å². The number of hydrogen-bond acceptors (Lipinski definition) is 2. The van der Waals surface area contributed by atoms with Crippen molar-refractivity contribution in [2.45, 2.75) is 33.2 Å². The van der Waals surface area contributed by atoms with Crippen molar-refractivity contribution >= 4 is 11.6 Å². The van der Waals surface area contributed by atoms with Crippen LogP contribution in [-0.2, 0) is 4.79 Å². The van der Waals surface area contributed by atoms with Crippen molar-refractivity contribution in [3.63, 3.8) is 0 Å². The van der Waals surface area contributed by atoms with Gasteiger partial charge in [0.2, 0.25) is 5.91 Å². The molecule has 0 bridgehead atoms. The van der Waals surface area contributed by atoms with Crippen molar-refractivity contribution in [2.75, 3.05) is 18.0 Å². The summed E-state index contributed by atoms with van der Waals surface area (Å²) in [5.74, 6) is 0.367. The number of rotatable bonds is 3. The Morgan fingerprint density at radius 3 is 2.83 bits per heavy atom. The molecule has 18 heavy (non-hydrogen) atoms. The van der Waals surface area contributed by atoms with Crippen molar-refractivity contribution in [1.29, 1.82) is 0 Å². The number of nitrogens with one attached hydrogen (secondary N) is 1.